The van der Waals surface area contributed by atoms with Crippen molar-refractivity contribution in [3.05, 3.63) is 0 Å². The second kappa shape index (κ2) is 8.18. The zero-order valence-corrected chi connectivity index (χ0v) is 16.1. The van der Waals surface area contributed by atoms with Crippen molar-refractivity contribution < 1.29 is 9.59 Å². The van der Waals surface area contributed by atoms with Crippen molar-refractivity contribution in [2.75, 3.05) is 13.1 Å². The lowest BCUT2D eigenvalue weighted by Crippen LogP contribution is -2.62. The molecular weight excluding hydrogens is 326 g/mol. The fourth-order valence-corrected chi connectivity index (χ4v) is 5.74. The first-order valence-electron chi connectivity index (χ1n) is 11.1. The average Bonchev–Trinajstić information content (AvgIpc) is 2.68. The van der Waals surface area contributed by atoms with E-state index in [-0.39, 0.29) is 23.9 Å². The molecule has 5 nitrogen and oxygen atoms in total. The molecule has 2 bridgehead atoms. The van der Waals surface area contributed by atoms with Crippen LogP contribution in [0.3, 0.4) is 0 Å². The summed E-state index contributed by atoms with van der Waals surface area (Å²) in [7, 11) is 0. The zero-order chi connectivity index (χ0) is 17.9. The van der Waals surface area contributed by atoms with E-state index in [2.05, 4.69) is 15.1 Å². The van der Waals surface area contributed by atoms with Gasteiger partial charge in [-0.3, -0.25) is 4.79 Å². The molecule has 1 saturated carbocycles. The van der Waals surface area contributed by atoms with Gasteiger partial charge in [0.15, 0.2) is 0 Å². The van der Waals surface area contributed by atoms with E-state index in [4.69, 9.17) is 0 Å². The van der Waals surface area contributed by atoms with E-state index < -0.39 is 0 Å². The third-order valence-electron chi connectivity index (χ3n) is 7.14. The van der Waals surface area contributed by atoms with Crippen LogP contribution in [0.4, 0.5) is 4.79 Å². The van der Waals surface area contributed by atoms with Gasteiger partial charge < -0.3 is 15.1 Å². The van der Waals surface area contributed by atoms with Gasteiger partial charge in [-0.25, -0.2) is 4.79 Å². The summed E-state index contributed by atoms with van der Waals surface area (Å²) in [6, 6.07) is 1.20. The Kier molecular flexibility index (Phi) is 5.70. The standard InChI is InChI=1S/C21H35N3O2/c25-20(16-8-3-1-4-9-16)22-17-14-18-10-7-11-19(15-17)24(18)21(26)23-12-5-2-6-13-23/h16-19H,1-15H2,(H,22,25)/t17?,18-,19+. The molecule has 0 spiro atoms. The molecule has 26 heavy (non-hydrogen) atoms. The van der Waals surface area contributed by atoms with Crippen LogP contribution in [0, 0.1) is 5.92 Å². The van der Waals surface area contributed by atoms with Crippen LogP contribution >= 0.6 is 0 Å². The van der Waals surface area contributed by atoms with E-state index in [1.165, 1.54) is 32.1 Å². The van der Waals surface area contributed by atoms with Crippen LogP contribution in [0.25, 0.3) is 0 Å². The van der Waals surface area contributed by atoms with Crippen molar-refractivity contribution in [2.45, 2.75) is 102 Å². The van der Waals surface area contributed by atoms with Gasteiger partial charge in [0, 0.05) is 37.1 Å². The molecule has 0 aromatic carbocycles. The summed E-state index contributed by atoms with van der Waals surface area (Å²) in [5.41, 5.74) is 0. The largest absolute Gasteiger partial charge is 0.353 e. The highest BCUT2D eigenvalue weighted by molar-refractivity contribution is 5.79. The molecular formula is C21H35N3O2. The number of fused-ring (bicyclic) bond motifs is 2. The average molecular weight is 362 g/mol. The number of hydrogen-bond acceptors (Lipinski definition) is 2. The van der Waals surface area contributed by atoms with Gasteiger partial charge in [0.05, 0.1) is 0 Å². The van der Waals surface area contributed by atoms with Crippen molar-refractivity contribution in [2.24, 2.45) is 5.92 Å². The van der Waals surface area contributed by atoms with E-state index in [0.717, 1.165) is 64.5 Å². The first kappa shape index (κ1) is 18.1. The number of amides is 3. The Balaban J connectivity index is 1.36. The van der Waals surface area contributed by atoms with Crippen molar-refractivity contribution in [1.82, 2.24) is 15.1 Å². The predicted molar refractivity (Wildman–Crippen MR) is 102 cm³/mol. The fraction of sp³-hybridized carbons (Fsp3) is 0.905. The molecule has 3 heterocycles. The molecule has 3 aliphatic heterocycles. The SMILES string of the molecule is O=C(NC1C[C@H]2CCC[C@@H](C1)N2C(=O)N1CCCCC1)C1CCCCC1. The maximum absolute atomic E-state index is 13.1. The van der Waals surface area contributed by atoms with Gasteiger partial charge in [-0.2, -0.15) is 0 Å². The van der Waals surface area contributed by atoms with Gasteiger partial charge in [0.2, 0.25) is 5.91 Å². The lowest BCUT2D eigenvalue weighted by atomic mass is 9.81. The van der Waals surface area contributed by atoms with E-state index in [1.54, 1.807) is 0 Å². The molecule has 5 heteroatoms. The molecule has 1 N–H and O–H groups in total. The molecule has 4 fully saturated rings. The van der Waals surface area contributed by atoms with E-state index >= 15 is 0 Å². The Labute approximate surface area is 157 Å². The minimum atomic E-state index is 0.233. The van der Waals surface area contributed by atoms with Crippen molar-refractivity contribution >= 4 is 11.9 Å². The Bertz CT molecular complexity index is 497. The summed E-state index contributed by atoms with van der Waals surface area (Å²) in [4.78, 5) is 30.0. The zero-order valence-electron chi connectivity index (χ0n) is 16.1. The summed E-state index contributed by atoms with van der Waals surface area (Å²) in [5.74, 6) is 0.514. The topological polar surface area (TPSA) is 52.7 Å². The Hall–Kier alpha value is -1.26. The van der Waals surface area contributed by atoms with Crippen molar-refractivity contribution in [3.8, 4) is 0 Å². The van der Waals surface area contributed by atoms with Gasteiger partial charge in [0.25, 0.3) is 0 Å². The first-order chi connectivity index (χ1) is 12.7. The second-order valence-electron chi connectivity index (χ2n) is 8.99. The van der Waals surface area contributed by atoms with Crippen LogP contribution in [-0.4, -0.2) is 53.0 Å². The number of carbonyl (C=O) groups excluding carboxylic acids is 2. The van der Waals surface area contributed by atoms with Gasteiger partial charge in [-0.05, 0) is 64.2 Å². The quantitative estimate of drug-likeness (QED) is 0.816. The Morgan fingerprint density at radius 2 is 1.35 bits per heavy atom. The molecule has 1 aliphatic carbocycles. The minimum Gasteiger partial charge on any atom is -0.353 e. The molecule has 0 radical (unpaired) electrons. The number of nitrogens with one attached hydrogen (secondary N) is 1. The predicted octanol–water partition coefficient (Wildman–Crippen LogP) is 3.67. The van der Waals surface area contributed by atoms with Gasteiger partial charge in [-0.15, -0.1) is 0 Å². The Morgan fingerprint density at radius 3 is 2.00 bits per heavy atom. The summed E-state index contributed by atoms with van der Waals surface area (Å²) in [5, 5.41) is 3.37. The highest BCUT2D eigenvalue weighted by Gasteiger charge is 2.43. The van der Waals surface area contributed by atoms with E-state index in [9.17, 15) is 9.59 Å². The highest BCUT2D eigenvalue weighted by Crippen LogP contribution is 2.35. The molecule has 3 amide bonds. The monoisotopic (exact) mass is 361 g/mol. The number of urea groups is 1. The van der Waals surface area contributed by atoms with E-state index in [1.807, 2.05) is 0 Å². The van der Waals surface area contributed by atoms with Gasteiger partial charge >= 0.3 is 6.03 Å². The number of carbonyl (C=O) groups is 2. The first-order valence-corrected chi connectivity index (χ1v) is 11.1. The lowest BCUT2D eigenvalue weighted by molar-refractivity contribution is -0.127. The fourth-order valence-electron chi connectivity index (χ4n) is 5.74. The number of nitrogens with zero attached hydrogens (tertiary/aromatic N) is 2. The Morgan fingerprint density at radius 1 is 0.731 bits per heavy atom. The molecule has 3 saturated heterocycles. The molecule has 0 aromatic rings. The molecule has 146 valence electrons. The summed E-state index contributed by atoms with van der Waals surface area (Å²) >= 11 is 0. The van der Waals surface area contributed by atoms with Crippen LogP contribution in [0.2, 0.25) is 0 Å². The summed E-state index contributed by atoms with van der Waals surface area (Å²) in [6.45, 7) is 1.85. The van der Waals surface area contributed by atoms with Crippen LogP contribution < -0.4 is 5.32 Å². The van der Waals surface area contributed by atoms with Crippen LogP contribution in [0.15, 0.2) is 0 Å². The van der Waals surface area contributed by atoms with Gasteiger partial charge in [0.1, 0.15) is 0 Å². The third-order valence-corrected chi connectivity index (χ3v) is 7.14. The third kappa shape index (κ3) is 3.86. The molecule has 0 aromatic heterocycles. The summed E-state index contributed by atoms with van der Waals surface area (Å²) in [6.07, 6.45) is 14.7. The maximum Gasteiger partial charge on any atom is 0.320 e. The summed E-state index contributed by atoms with van der Waals surface area (Å²) < 4.78 is 0. The number of hydrogen-bond donors (Lipinski definition) is 1. The molecule has 4 aliphatic rings. The van der Waals surface area contributed by atoms with Crippen LogP contribution in [-0.2, 0) is 4.79 Å². The highest BCUT2D eigenvalue weighted by atomic mass is 16.2. The molecule has 1 unspecified atom stereocenters. The maximum atomic E-state index is 13.1. The van der Waals surface area contributed by atoms with Crippen LogP contribution in [0.5, 0.6) is 0 Å². The smallest absolute Gasteiger partial charge is 0.320 e. The lowest BCUT2D eigenvalue weighted by Gasteiger charge is -2.50. The van der Waals surface area contributed by atoms with Crippen molar-refractivity contribution in [1.29, 1.82) is 0 Å². The normalized spacial score (nSPS) is 33.0. The second-order valence-corrected chi connectivity index (χ2v) is 8.99. The molecule has 4 rings (SSSR count). The van der Waals surface area contributed by atoms with Gasteiger partial charge in [-0.1, -0.05) is 19.3 Å². The van der Waals surface area contributed by atoms with Crippen molar-refractivity contribution in [3.63, 3.8) is 0 Å². The minimum absolute atomic E-state index is 0.233. The van der Waals surface area contributed by atoms with E-state index in [0.29, 0.717) is 12.1 Å². The number of rotatable bonds is 2. The number of piperidine rings is 3. The van der Waals surface area contributed by atoms with Crippen LogP contribution in [0.1, 0.15) is 83.5 Å². The molecule has 3 atom stereocenters. The number of likely N-dealkylation sites (tertiary alicyclic amines) is 1.